The lowest BCUT2D eigenvalue weighted by Gasteiger charge is -2.43. The van der Waals surface area contributed by atoms with Gasteiger partial charge in [-0.05, 0) is 49.7 Å². The highest BCUT2D eigenvalue weighted by atomic mass is 35.5. The van der Waals surface area contributed by atoms with Gasteiger partial charge >= 0.3 is 0 Å². The molecule has 122 valence electrons. The first kappa shape index (κ1) is 17.0. The van der Waals surface area contributed by atoms with Crippen LogP contribution in [0.1, 0.15) is 32.1 Å². The van der Waals surface area contributed by atoms with Gasteiger partial charge in [-0.25, -0.2) is 0 Å². The number of hydrogen-bond donors (Lipinski definition) is 2. The van der Waals surface area contributed by atoms with E-state index in [1.165, 1.54) is 11.0 Å². The number of carbonyl (C=O) groups excluding carboxylic acids is 1. The van der Waals surface area contributed by atoms with Gasteiger partial charge in [-0.2, -0.15) is 0 Å². The zero-order valence-electron chi connectivity index (χ0n) is 12.8. The summed E-state index contributed by atoms with van der Waals surface area (Å²) in [6.07, 6.45) is 6.90. The fourth-order valence-electron chi connectivity index (χ4n) is 3.93. The van der Waals surface area contributed by atoms with Crippen molar-refractivity contribution >= 4 is 24.0 Å². The molecular formula is C16H24ClN3O2. The highest BCUT2D eigenvalue weighted by Gasteiger charge is 2.40. The van der Waals surface area contributed by atoms with E-state index in [9.17, 15) is 9.59 Å². The second-order valence-electron chi connectivity index (χ2n) is 6.52. The van der Waals surface area contributed by atoms with Gasteiger partial charge in [0.05, 0.1) is 0 Å². The number of carbonyl (C=O) groups is 1. The summed E-state index contributed by atoms with van der Waals surface area (Å²) in [4.78, 5) is 24.4. The third kappa shape index (κ3) is 3.20. The number of aromatic nitrogens is 1. The Morgan fingerprint density at radius 1 is 1.32 bits per heavy atom. The highest BCUT2D eigenvalue weighted by molar-refractivity contribution is 5.92. The molecular weight excluding hydrogens is 302 g/mol. The molecule has 1 aromatic rings. The van der Waals surface area contributed by atoms with Crippen LogP contribution in [0.4, 0.5) is 5.69 Å². The minimum Gasteiger partial charge on any atom is -0.327 e. The molecule has 0 spiro atoms. The average molecular weight is 326 g/mol. The molecule has 5 nitrogen and oxygen atoms in total. The van der Waals surface area contributed by atoms with Crippen molar-refractivity contribution in [1.29, 1.82) is 0 Å². The topological polar surface area (TPSA) is 77.1 Å². The van der Waals surface area contributed by atoms with E-state index in [1.54, 1.807) is 25.4 Å². The van der Waals surface area contributed by atoms with Gasteiger partial charge in [-0.15, -0.1) is 12.4 Å². The summed E-state index contributed by atoms with van der Waals surface area (Å²) >= 11 is 0. The standard InChI is InChI=1S/C16H23N3O2.ClH/c1-19-7-3-6-13(16(19)21)18-15(20)12-8-10-4-2-5-11(9-12)14(10)17;/h3,6-7,10-12,14H,2,4-5,8-9,17H2,1H3,(H,18,20);1H. The summed E-state index contributed by atoms with van der Waals surface area (Å²) in [5.41, 5.74) is 6.46. The largest absolute Gasteiger partial charge is 0.327 e. The van der Waals surface area contributed by atoms with Crippen molar-refractivity contribution in [2.45, 2.75) is 38.1 Å². The second-order valence-corrected chi connectivity index (χ2v) is 6.52. The Labute approximate surface area is 136 Å². The lowest BCUT2D eigenvalue weighted by molar-refractivity contribution is -0.122. The lowest BCUT2D eigenvalue weighted by atomic mass is 9.65. The van der Waals surface area contributed by atoms with Crippen LogP contribution >= 0.6 is 12.4 Å². The number of hydrogen-bond acceptors (Lipinski definition) is 3. The average Bonchev–Trinajstić information content (AvgIpc) is 2.43. The first-order chi connectivity index (χ1) is 10.1. The van der Waals surface area contributed by atoms with Crippen LogP contribution in [-0.4, -0.2) is 16.5 Å². The van der Waals surface area contributed by atoms with Crippen LogP contribution in [0.25, 0.3) is 0 Å². The molecule has 3 N–H and O–H groups in total. The number of pyridine rings is 1. The van der Waals surface area contributed by atoms with Gasteiger partial charge in [0.15, 0.2) is 0 Å². The maximum atomic E-state index is 12.5. The molecule has 2 saturated carbocycles. The van der Waals surface area contributed by atoms with Crippen LogP contribution in [-0.2, 0) is 11.8 Å². The Morgan fingerprint density at radius 3 is 2.59 bits per heavy atom. The number of rotatable bonds is 2. The van der Waals surface area contributed by atoms with E-state index in [1.807, 2.05) is 0 Å². The van der Waals surface area contributed by atoms with Gasteiger partial charge < -0.3 is 15.6 Å². The van der Waals surface area contributed by atoms with Gasteiger partial charge in [0.2, 0.25) is 5.91 Å². The molecule has 1 amide bonds. The smallest absolute Gasteiger partial charge is 0.274 e. The van der Waals surface area contributed by atoms with Gasteiger partial charge in [0, 0.05) is 25.2 Å². The van der Waals surface area contributed by atoms with Crippen LogP contribution in [0.15, 0.2) is 23.1 Å². The zero-order chi connectivity index (χ0) is 15.0. The van der Waals surface area contributed by atoms with E-state index in [-0.39, 0.29) is 35.8 Å². The zero-order valence-corrected chi connectivity index (χ0v) is 13.6. The Kier molecular flexibility index (Phi) is 5.29. The predicted molar refractivity (Wildman–Crippen MR) is 89.1 cm³/mol. The first-order valence-electron chi connectivity index (χ1n) is 7.78. The molecule has 2 fully saturated rings. The normalized spacial score (nSPS) is 30.3. The lowest BCUT2D eigenvalue weighted by Crippen LogP contribution is -2.48. The quantitative estimate of drug-likeness (QED) is 0.871. The van der Waals surface area contributed by atoms with Crippen molar-refractivity contribution < 1.29 is 4.79 Å². The molecule has 3 rings (SSSR count). The number of nitrogens with zero attached hydrogens (tertiary/aromatic N) is 1. The van der Waals surface area contributed by atoms with Crippen molar-refractivity contribution in [1.82, 2.24) is 4.57 Å². The number of halogens is 1. The van der Waals surface area contributed by atoms with Crippen molar-refractivity contribution in [3.63, 3.8) is 0 Å². The molecule has 0 radical (unpaired) electrons. The summed E-state index contributed by atoms with van der Waals surface area (Å²) < 4.78 is 1.47. The first-order valence-corrected chi connectivity index (χ1v) is 7.78. The van der Waals surface area contributed by atoms with Crippen molar-refractivity contribution in [2.75, 3.05) is 5.32 Å². The predicted octanol–water partition coefficient (Wildman–Crippen LogP) is 1.90. The van der Waals surface area contributed by atoms with E-state index in [2.05, 4.69) is 5.32 Å². The van der Waals surface area contributed by atoms with Crippen molar-refractivity contribution in [3.8, 4) is 0 Å². The fourth-order valence-corrected chi connectivity index (χ4v) is 3.93. The van der Waals surface area contributed by atoms with E-state index in [0.29, 0.717) is 17.5 Å². The molecule has 2 bridgehead atoms. The molecule has 2 aliphatic rings. The Morgan fingerprint density at radius 2 is 1.95 bits per heavy atom. The Balaban J connectivity index is 0.00000176. The maximum absolute atomic E-state index is 12.5. The van der Waals surface area contributed by atoms with Crippen LogP contribution in [0, 0.1) is 17.8 Å². The van der Waals surface area contributed by atoms with Crippen LogP contribution < -0.4 is 16.6 Å². The summed E-state index contributed by atoms with van der Waals surface area (Å²) in [6.45, 7) is 0. The summed E-state index contributed by atoms with van der Waals surface area (Å²) in [7, 11) is 1.68. The molecule has 0 saturated heterocycles. The number of aryl methyl sites for hydroxylation is 1. The van der Waals surface area contributed by atoms with Gasteiger partial charge in [0.1, 0.15) is 5.69 Å². The summed E-state index contributed by atoms with van der Waals surface area (Å²) in [5, 5.41) is 2.81. The summed E-state index contributed by atoms with van der Waals surface area (Å²) in [6, 6.07) is 3.69. The number of anilines is 1. The van der Waals surface area contributed by atoms with Gasteiger partial charge in [-0.3, -0.25) is 9.59 Å². The molecule has 0 aromatic carbocycles. The molecule has 6 heteroatoms. The molecule has 2 unspecified atom stereocenters. The third-order valence-electron chi connectivity index (χ3n) is 5.17. The molecule has 0 aliphatic heterocycles. The Hall–Kier alpha value is -1.33. The van der Waals surface area contributed by atoms with Gasteiger partial charge in [0.25, 0.3) is 5.56 Å². The van der Waals surface area contributed by atoms with Gasteiger partial charge in [-0.1, -0.05) is 6.42 Å². The number of amides is 1. The second kappa shape index (κ2) is 6.84. The Bertz CT molecular complexity index is 587. The minimum atomic E-state index is -0.168. The minimum absolute atomic E-state index is 0. The molecule has 2 aliphatic carbocycles. The fraction of sp³-hybridized carbons (Fsp3) is 0.625. The number of nitrogens with one attached hydrogen (secondary N) is 1. The van der Waals surface area contributed by atoms with E-state index >= 15 is 0 Å². The van der Waals surface area contributed by atoms with Crippen molar-refractivity contribution in [2.24, 2.45) is 30.5 Å². The van der Waals surface area contributed by atoms with Crippen LogP contribution in [0.2, 0.25) is 0 Å². The summed E-state index contributed by atoms with van der Waals surface area (Å²) in [5.74, 6) is 0.894. The number of nitrogens with two attached hydrogens (primary N) is 1. The van der Waals surface area contributed by atoms with E-state index < -0.39 is 0 Å². The van der Waals surface area contributed by atoms with E-state index in [0.717, 1.165) is 25.7 Å². The molecule has 22 heavy (non-hydrogen) atoms. The SMILES string of the molecule is Cl.Cn1cccc(NC(=O)C2CC3CCCC(C2)C3N)c1=O. The monoisotopic (exact) mass is 325 g/mol. The van der Waals surface area contributed by atoms with Crippen LogP contribution in [0.3, 0.4) is 0 Å². The van der Waals surface area contributed by atoms with Crippen LogP contribution in [0.5, 0.6) is 0 Å². The molecule has 1 aromatic heterocycles. The highest BCUT2D eigenvalue weighted by Crippen LogP contribution is 2.42. The number of fused-ring (bicyclic) bond motifs is 2. The molecule has 2 atom stereocenters. The third-order valence-corrected chi connectivity index (χ3v) is 5.17. The maximum Gasteiger partial charge on any atom is 0.274 e. The molecule has 1 heterocycles. The van der Waals surface area contributed by atoms with Crippen molar-refractivity contribution in [3.05, 3.63) is 28.7 Å². The van der Waals surface area contributed by atoms with E-state index in [4.69, 9.17) is 5.73 Å².